The lowest BCUT2D eigenvalue weighted by atomic mass is 10.00. The van der Waals surface area contributed by atoms with Crippen LogP contribution >= 0.6 is 11.6 Å². The maximum Gasteiger partial charge on any atom is 0.0934 e. The van der Waals surface area contributed by atoms with Gasteiger partial charge < -0.3 is 0 Å². The molecule has 0 aromatic carbocycles. The fourth-order valence-corrected chi connectivity index (χ4v) is 2.72. The summed E-state index contributed by atoms with van der Waals surface area (Å²) in [5.41, 5.74) is 0. The Labute approximate surface area is 68.7 Å². The van der Waals surface area contributed by atoms with Gasteiger partial charge in [0.05, 0.1) is 16.2 Å². The van der Waals surface area contributed by atoms with Crippen molar-refractivity contribution < 1.29 is 4.21 Å². The lowest BCUT2D eigenvalue weighted by molar-refractivity contribution is 0.511. The topological polar surface area (TPSA) is 43.1 Å². The zero-order valence-electron chi connectivity index (χ0n) is 5.75. The van der Waals surface area contributed by atoms with Crippen molar-refractivity contribution in [2.75, 3.05) is 0 Å². The molecule has 1 saturated carbocycles. The summed E-state index contributed by atoms with van der Waals surface area (Å²) in [5.74, 6) is 0. The molecule has 2 nitrogen and oxygen atoms in total. The minimum atomic E-state index is -1.21. The first-order chi connectivity index (χ1) is 4.72. The first kappa shape index (κ1) is 8.50. The van der Waals surface area contributed by atoms with Gasteiger partial charge in [-0.1, -0.05) is 12.8 Å². The van der Waals surface area contributed by atoms with E-state index in [1.165, 1.54) is 0 Å². The lowest BCUT2D eigenvalue weighted by Crippen LogP contribution is -2.33. The molecule has 1 aliphatic rings. The molecule has 0 aromatic heterocycles. The third-order valence-corrected chi connectivity index (χ3v) is 3.75. The average Bonchev–Trinajstić information content (AvgIpc) is 1.88. The Hall–Kier alpha value is 0.400. The van der Waals surface area contributed by atoms with E-state index in [2.05, 4.69) is 0 Å². The Morgan fingerprint density at radius 3 is 2.40 bits per heavy atom. The summed E-state index contributed by atoms with van der Waals surface area (Å²) in [7, 11) is -1.21. The van der Waals surface area contributed by atoms with Gasteiger partial charge in [-0.2, -0.15) is 0 Å². The second kappa shape index (κ2) is 3.69. The van der Waals surface area contributed by atoms with E-state index in [0.29, 0.717) is 0 Å². The van der Waals surface area contributed by atoms with Crippen LogP contribution in [0.15, 0.2) is 0 Å². The van der Waals surface area contributed by atoms with Gasteiger partial charge in [0, 0.05) is 5.38 Å². The minimum absolute atomic E-state index is 0.0374. The zero-order chi connectivity index (χ0) is 7.56. The highest BCUT2D eigenvalue weighted by atomic mass is 35.5. The van der Waals surface area contributed by atoms with Crippen molar-refractivity contribution in [1.29, 1.82) is 0 Å². The Morgan fingerprint density at radius 2 is 2.00 bits per heavy atom. The zero-order valence-corrected chi connectivity index (χ0v) is 7.33. The molecule has 0 aromatic rings. The van der Waals surface area contributed by atoms with E-state index in [-0.39, 0.29) is 10.6 Å². The van der Waals surface area contributed by atoms with Gasteiger partial charge in [-0.25, -0.2) is 4.21 Å². The van der Waals surface area contributed by atoms with Crippen molar-refractivity contribution in [3.63, 3.8) is 0 Å². The predicted molar refractivity (Wildman–Crippen MR) is 44.2 cm³/mol. The van der Waals surface area contributed by atoms with Gasteiger partial charge in [0.25, 0.3) is 0 Å². The number of alkyl halides is 1. The van der Waals surface area contributed by atoms with Gasteiger partial charge in [0.2, 0.25) is 0 Å². The van der Waals surface area contributed by atoms with Crippen molar-refractivity contribution in [2.45, 2.75) is 36.3 Å². The number of hydrogen-bond acceptors (Lipinski definition) is 1. The third-order valence-electron chi connectivity index (χ3n) is 1.92. The number of rotatable bonds is 1. The second-order valence-electron chi connectivity index (χ2n) is 2.67. The van der Waals surface area contributed by atoms with Crippen LogP contribution in [-0.4, -0.2) is 14.8 Å². The minimum Gasteiger partial charge on any atom is -0.252 e. The first-order valence-corrected chi connectivity index (χ1v) is 5.22. The number of halogens is 1. The molecule has 0 spiro atoms. The molecule has 1 aliphatic carbocycles. The molecule has 0 aliphatic heterocycles. The molecule has 60 valence electrons. The molecule has 0 radical (unpaired) electrons. The van der Waals surface area contributed by atoms with Gasteiger partial charge in [0.1, 0.15) is 0 Å². The molecule has 0 amide bonds. The van der Waals surface area contributed by atoms with Gasteiger partial charge in [-0.05, 0) is 12.8 Å². The fourth-order valence-electron chi connectivity index (χ4n) is 1.31. The molecular formula is C6H12ClNOS. The van der Waals surface area contributed by atoms with E-state index in [1.807, 2.05) is 0 Å². The third kappa shape index (κ3) is 1.94. The summed E-state index contributed by atoms with van der Waals surface area (Å²) in [5, 5.41) is 5.32. The Kier molecular flexibility index (Phi) is 3.14. The van der Waals surface area contributed by atoms with Crippen LogP contribution in [0.25, 0.3) is 0 Å². The van der Waals surface area contributed by atoms with Gasteiger partial charge in [0.15, 0.2) is 0 Å². The highest BCUT2D eigenvalue weighted by molar-refractivity contribution is 7.83. The molecule has 3 atom stereocenters. The molecule has 10 heavy (non-hydrogen) atoms. The predicted octanol–water partition coefficient (Wildman–Crippen LogP) is 1.16. The molecule has 0 saturated heterocycles. The van der Waals surface area contributed by atoms with Crippen molar-refractivity contribution in [2.24, 2.45) is 5.14 Å². The Bertz CT molecular complexity index is 142. The maximum atomic E-state index is 10.8. The van der Waals surface area contributed by atoms with E-state index >= 15 is 0 Å². The van der Waals surface area contributed by atoms with Crippen LogP contribution in [-0.2, 0) is 11.0 Å². The van der Waals surface area contributed by atoms with E-state index in [0.717, 1.165) is 25.7 Å². The summed E-state index contributed by atoms with van der Waals surface area (Å²) in [4.78, 5) is 0. The van der Waals surface area contributed by atoms with Crippen LogP contribution in [0.4, 0.5) is 0 Å². The van der Waals surface area contributed by atoms with Crippen LogP contribution in [0.3, 0.4) is 0 Å². The van der Waals surface area contributed by atoms with Crippen LogP contribution in [0, 0.1) is 0 Å². The molecule has 3 unspecified atom stereocenters. The van der Waals surface area contributed by atoms with E-state index < -0.39 is 11.0 Å². The molecule has 1 rings (SSSR count). The van der Waals surface area contributed by atoms with E-state index in [4.69, 9.17) is 16.7 Å². The fraction of sp³-hybridized carbons (Fsp3) is 1.00. The summed E-state index contributed by atoms with van der Waals surface area (Å²) >= 11 is 5.90. The summed E-state index contributed by atoms with van der Waals surface area (Å²) in [6.07, 6.45) is 4.17. The van der Waals surface area contributed by atoms with Crippen molar-refractivity contribution in [3.8, 4) is 0 Å². The maximum absolute atomic E-state index is 10.8. The van der Waals surface area contributed by atoms with Crippen LogP contribution in [0.5, 0.6) is 0 Å². The van der Waals surface area contributed by atoms with Gasteiger partial charge in [-0.15, -0.1) is 11.6 Å². The van der Waals surface area contributed by atoms with Crippen molar-refractivity contribution in [3.05, 3.63) is 0 Å². The normalized spacial score (nSPS) is 37.4. The van der Waals surface area contributed by atoms with Crippen molar-refractivity contribution >= 4 is 22.6 Å². The van der Waals surface area contributed by atoms with Crippen LogP contribution in [0.2, 0.25) is 0 Å². The monoisotopic (exact) mass is 181 g/mol. The first-order valence-electron chi connectivity index (χ1n) is 3.51. The molecule has 2 N–H and O–H groups in total. The SMILES string of the molecule is NS(=O)C1CCCCC1Cl. The Balaban J connectivity index is 2.47. The molecule has 0 bridgehead atoms. The molecule has 4 heteroatoms. The molecule has 0 heterocycles. The second-order valence-corrected chi connectivity index (χ2v) is 4.49. The smallest absolute Gasteiger partial charge is 0.0934 e. The average molecular weight is 182 g/mol. The van der Waals surface area contributed by atoms with Crippen LogP contribution in [0.1, 0.15) is 25.7 Å². The van der Waals surface area contributed by atoms with Crippen molar-refractivity contribution in [1.82, 2.24) is 0 Å². The lowest BCUT2D eigenvalue weighted by Gasteiger charge is -2.24. The number of nitrogens with two attached hydrogens (primary N) is 1. The largest absolute Gasteiger partial charge is 0.252 e. The van der Waals surface area contributed by atoms with Gasteiger partial charge in [-0.3, -0.25) is 5.14 Å². The van der Waals surface area contributed by atoms with Gasteiger partial charge >= 0.3 is 0 Å². The summed E-state index contributed by atoms with van der Waals surface area (Å²) in [6, 6.07) is 0. The Morgan fingerprint density at radius 1 is 1.40 bits per heavy atom. The highest BCUT2D eigenvalue weighted by Gasteiger charge is 2.26. The molecule has 1 fully saturated rings. The standard InChI is InChI=1S/C6H12ClNOS/c7-5-3-1-2-4-6(5)10(8)9/h5-6H,1-4,8H2. The van der Waals surface area contributed by atoms with E-state index in [9.17, 15) is 4.21 Å². The highest BCUT2D eigenvalue weighted by Crippen LogP contribution is 2.25. The van der Waals surface area contributed by atoms with Crippen LogP contribution < -0.4 is 5.14 Å². The molecular weight excluding hydrogens is 170 g/mol. The summed E-state index contributed by atoms with van der Waals surface area (Å²) < 4.78 is 10.8. The number of hydrogen-bond donors (Lipinski definition) is 1. The summed E-state index contributed by atoms with van der Waals surface area (Å²) in [6.45, 7) is 0. The van der Waals surface area contributed by atoms with E-state index in [1.54, 1.807) is 0 Å². The quantitative estimate of drug-likeness (QED) is 0.607.